The molecule has 0 fully saturated rings. The van der Waals surface area contributed by atoms with Crippen LogP contribution >= 0.6 is 0 Å². The fourth-order valence-corrected chi connectivity index (χ4v) is 1.35. The van der Waals surface area contributed by atoms with E-state index in [1.807, 2.05) is 18.9 Å². The second kappa shape index (κ2) is 3.43. The van der Waals surface area contributed by atoms with E-state index in [0.717, 1.165) is 18.2 Å². The molecule has 4 N–H and O–H groups in total. The third-order valence-electron chi connectivity index (χ3n) is 2.02. The molecule has 0 unspecified atom stereocenters. The largest absolute Gasteiger partial charge is 0.394 e. The van der Waals surface area contributed by atoms with Gasteiger partial charge in [-0.1, -0.05) is 13.2 Å². The highest BCUT2D eigenvalue weighted by atomic mass is 15.3. The fraction of sp³-hybridized carbons (Fsp3) is 0.333. The maximum atomic E-state index is 5.83. The summed E-state index contributed by atoms with van der Waals surface area (Å²) >= 11 is 0. The van der Waals surface area contributed by atoms with Crippen LogP contribution < -0.4 is 16.4 Å². The quantitative estimate of drug-likeness (QED) is 0.570. The summed E-state index contributed by atoms with van der Waals surface area (Å²) in [5.41, 5.74) is 7.16. The van der Waals surface area contributed by atoms with Crippen LogP contribution in [0.2, 0.25) is 0 Å². The molecule has 0 spiro atoms. The lowest BCUT2D eigenvalue weighted by atomic mass is 10.2. The van der Waals surface area contributed by atoms with Crippen LogP contribution in [0.5, 0.6) is 0 Å². The van der Waals surface area contributed by atoms with Crippen molar-refractivity contribution in [1.82, 2.24) is 15.5 Å². The summed E-state index contributed by atoms with van der Waals surface area (Å²) in [5, 5.41) is 6.04. The minimum absolute atomic E-state index is 0.636. The predicted octanol–water partition coefficient (Wildman–Crippen LogP) is 0.244. The smallest absolute Gasteiger partial charge is 0.132 e. The molecular formula is C9H16N4. The van der Waals surface area contributed by atoms with Crippen LogP contribution in [0.4, 0.5) is 0 Å². The number of nitrogens with two attached hydrogens (primary N) is 1. The Kier molecular flexibility index (Phi) is 2.51. The Hall–Kier alpha value is -1.58. The highest BCUT2D eigenvalue weighted by molar-refractivity contribution is 5.35. The van der Waals surface area contributed by atoms with Gasteiger partial charge in [-0.05, 0) is 6.92 Å². The van der Waals surface area contributed by atoms with Crippen molar-refractivity contribution >= 4 is 0 Å². The molecule has 1 rings (SSSR count). The van der Waals surface area contributed by atoms with E-state index in [1.165, 1.54) is 0 Å². The zero-order chi connectivity index (χ0) is 10.0. The fourth-order valence-electron chi connectivity index (χ4n) is 1.35. The Morgan fingerprint density at radius 3 is 2.62 bits per heavy atom. The lowest BCUT2D eigenvalue weighted by Gasteiger charge is -2.34. The molecule has 1 aliphatic rings. The van der Waals surface area contributed by atoms with Crippen molar-refractivity contribution in [2.75, 3.05) is 13.6 Å². The second-order valence-corrected chi connectivity index (χ2v) is 2.81. The van der Waals surface area contributed by atoms with Crippen LogP contribution in [-0.4, -0.2) is 18.5 Å². The third kappa shape index (κ3) is 1.47. The van der Waals surface area contributed by atoms with Gasteiger partial charge in [0.25, 0.3) is 0 Å². The summed E-state index contributed by atoms with van der Waals surface area (Å²) in [6, 6.07) is 0. The van der Waals surface area contributed by atoms with Crippen molar-refractivity contribution in [3.05, 3.63) is 36.2 Å². The molecule has 0 aromatic rings. The van der Waals surface area contributed by atoms with E-state index in [2.05, 4.69) is 23.8 Å². The van der Waals surface area contributed by atoms with Crippen LogP contribution in [-0.2, 0) is 0 Å². The molecule has 1 heterocycles. The van der Waals surface area contributed by atoms with Gasteiger partial charge in [-0.15, -0.1) is 0 Å². The zero-order valence-electron chi connectivity index (χ0n) is 8.15. The predicted molar refractivity (Wildman–Crippen MR) is 54.1 cm³/mol. The van der Waals surface area contributed by atoms with Gasteiger partial charge in [-0.3, -0.25) is 0 Å². The molecule has 0 saturated heterocycles. The SMILES string of the molecule is C=C1NC(=C)N(CC)C(NC)=C1N. The molecular weight excluding hydrogens is 164 g/mol. The monoisotopic (exact) mass is 180 g/mol. The summed E-state index contributed by atoms with van der Waals surface area (Å²) in [5.74, 6) is 1.65. The summed E-state index contributed by atoms with van der Waals surface area (Å²) in [6.45, 7) is 10.5. The standard InChI is InChI=1S/C9H16N4/c1-5-13-7(3)12-6(2)8(10)9(13)11-4/h11-12H,2-3,5,10H2,1,4H3. The van der Waals surface area contributed by atoms with Gasteiger partial charge in [0.1, 0.15) is 11.6 Å². The molecule has 72 valence electrons. The van der Waals surface area contributed by atoms with Crippen molar-refractivity contribution in [3.8, 4) is 0 Å². The van der Waals surface area contributed by atoms with Gasteiger partial charge in [0.15, 0.2) is 0 Å². The minimum Gasteiger partial charge on any atom is -0.394 e. The highest BCUT2D eigenvalue weighted by Gasteiger charge is 2.20. The van der Waals surface area contributed by atoms with E-state index in [0.29, 0.717) is 11.4 Å². The maximum absolute atomic E-state index is 5.83. The maximum Gasteiger partial charge on any atom is 0.132 e. The lowest BCUT2D eigenvalue weighted by molar-refractivity contribution is 0.381. The summed E-state index contributed by atoms with van der Waals surface area (Å²) in [7, 11) is 1.83. The average Bonchev–Trinajstić information content (AvgIpc) is 2.10. The molecule has 1 aliphatic heterocycles. The van der Waals surface area contributed by atoms with E-state index in [9.17, 15) is 0 Å². The van der Waals surface area contributed by atoms with Crippen LogP contribution in [0.15, 0.2) is 36.2 Å². The summed E-state index contributed by atoms with van der Waals surface area (Å²) in [4.78, 5) is 1.96. The van der Waals surface area contributed by atoms with Gasteiger partial charge in [0, 0.05) is 13.6 Å². The average molecular weight is 180 g/mol. The van der Waals surface area contributed by atoms with Gasteiger partial charge in [-0.25, -0.2) is 0 Å². The second-order valence-electron chi connectivity index (χ2n) is 2.81. The Morgan fingerprint density at radius 1 is 1.54 bits per heavy atom. The Balaban J connectivity index is 3.09. The molecule has 0 amide bonds. The molecule has 0 aromatic heterocycles. The van der Waals surface area contributed by atoms with E-state index in [1.54, 1.807) is 0 Å². The van der Waals surface area contributed by atoms with Crippen molar-refractivity contribution in [1.29, 1.82) is 0 Å². The van der Waals surface area contributed by atoms with Crippen LogP contribution in [0.3, 0.4) is 0 Å². The normalized spacial score (nSPS) is 17.5. The first-order chi connectivity index (χ1) is 6.11. The molecule has 13 heavy (non-hydrogen) atoms. The molecule has 0 aromatic carbocycles. The number of nitrogens with one attached hydrogen (secondary N) is 2. The van der Waals surface area contributed by atoms with Gasteiger partial charge in [0.2, 0.25) is 0 Å². The van der Waals surface area contributed by atoms with Crippen LogP contribution in [0, 0.1) is 0 Å². The van der Waals surface area contributed by atoms with E-state index >= 15 is 0 Å². The van der Waals surface area contributed by atoms with E-state index in [4.69, 9.17) is 5.73 Å². The first-order valence-corrected chi connectivity index (χ1v) is 4.22. The number of hydrogen-bond donors (Lipinski definition) is 3. The van der Waals surface area contributed by atoms with Gasteiger partial charge in [0.05, 0.1) is 11.4 Å². The van der Waals surface area contributed by atoms with E-state index in [-0.39, 0.29) is 0 Å². The highest BCUT2D eigenvalue weighted by Crippen LogP contribution is 2.18. The minimum atomic E-state index is 0.636. The molecule has 4 nitrogen and oxygen atoms in total. The lowest BCUT2D eigenvalue weighted by Crippen LogP contribution is -2.42. The summed E-state index contributed by atoms with van der Waals surface area (Å²) < 4.78 is 0. The first kappa shape index (κ1) is 9.51. The Labute approximate surface area is 78.8 Å². The van der Waals surface area contributed by atoms with Crippen molar-refractivity contribution in [2.45, 2.75) is 6.92 Å². The summed E-state index contributed by atoms with van der Waals surface area (Å²) in [6.07, 6.45) is 0. The van der Waals surface area contributed by atoms with Gasteiger partial charge >= 0.3 is 0 Å². The van der Waals surface area contributed by atoms with E-state index < -0.39 is 0 Å². The van der Waals surface area contributed by atoms with Gasteiger partial charge in [-0.2, -0.15) is 0 Å². The Bertz CT molecular complexity index is 277. The molecule has 0 saturated carbocycles. The van der Waals surface area contributed by atoms with Crippen LogP contribution in [0.1, 0.15) is 6.92 Å². The van der Waals surface area contributed by atoms with Crippen LogP contribution in [0.25, 0.3) is 0 Å². The Morgan fingerprint density at radius 2 is 2.15 bits per heavy atom. The number of rotatable bonds is 2. The van der Waals surface area contributed by atoms with Crippen molar-refractivity contribution in [2.24, 2.45) is 5.73 Å². The molecule has 4 heteroatoms. The van der Waals surface area contributed by atoms with Crippen molar-refractivity contribution < 1.29 is 0 Å². The molecule has 0 radical (unpaired) electrons. The number of hydrogen-bond acceptors (Lipinski definition) is 4. The third-order valence-corrected chi connectivity index (χ3v) is 2.02. The van der Waals surface area contributed by atoms with Crippen molar-refractivity contribution in [3.63, 3.8) is 0 Å². The molecule has 0 atom stereocenters. The first-order valence-electron chi connectivity index (χ1n) is 4.22. The van der Waals surface area contributed by atoms with Gasteiger partial charge < -0.3 is 21.3 Å². The number of nitrogens with zero attached hydrogens (tertiary/aromatic N) is 1. The topological polar surface area (TPSA) is 53.3 Å². The molecule has 0 aliphatic carbocycles. The zero-order valence-corrected chi connectivity index (χ0v) is 8.15. The molecule has 0 bridgehead atoms.